The molecule has 0 fully saturated rings. The molecule has 0 aliphatic rings. The lowest BCUT2D eigenvalue weighted by molar-refractivity contribution is 0.408. The zero-order chi connectivity index (χ0) is 19.9. The van der Waals surface area contributed by atoms with Gasteiger partial charge in [0, 0.05) is 23.9 Å². The summed E-state index contributed by atoms with van der Waals surface area (Å²) in [6, 6.07) is 11.6. The fraction of sp³-hybridized carbons (Fsp3) is 0.348. The molecule has 0 amide bonds. The van der Waals surface area contributed by atoms with Gasteiger partial charge in [0.15, 0.2) is 0 Å². The van der Waals surface area contributed by atoms with E-state index in [-0.39, 0.29) is 0 Å². The van der Waals surface area contributed by atoms with Gasteiger partial charge in [0.25, 0.3) is 0 Å². The number of aromatic nitrogens is 2. The zero-order valence-corrected chi connectivity index (χ0v) is 16.4. The summed E-state index contributed by atoms with van der Waals surface area (Å²) in [6.07, 6.45) is 6.57. The van der Waals surface area contributed by atoms with Gasteiger partial charge in [-0.3, -0.25) is 0 Å². The van der Waals surface area contributed by atoms with Gasteiger partial charge in [-0.2, -0.15) is 0 Å². The number of unbranched alkanes of at least 4 members (excludes halogenated alkanes) is 2. The number of methoxy groups -OCH3 is 1. The van der Waals surface area contributed by atoms with Crippen LogP contribution in [0, 0.1) is 11.6 Å². The van der Waals surface area contributed by atoms with Crippen molar-refractivity contribution in [1.82, 2.24) is 9.55 Å². The average Bonchev–Trinajstić information content (AvgIpc) is 3.09. The van der Waals surface area contributed by atoms with E-state index >= 15 is 0 Å². The summed E-state index contributed by atoms with van der Waals surface area (Å²) in [7, 11) is 1.67. The van der Waals surface area contributed by atoms with Crippen LogP contribution >= 0.6 is 0 Å². The van der Waals surface area contributed by atoms with Crippen LogP contribution in [0.15, 0.2) is 48.8 Å². The summed E-state index contributed by atoms with van der Waals surface area (Å²) >= 11 is 0. The maximum atomic E-state index is 14.4. The maximum Gasteiger partial charge on any atom is 0.135 e. The van der Waals surface area contributed by atoms with Gasteiger partial charge in [0.2, 0.25) is 0 Å². The molecular formula is C23H26F2N2O. The van der Waals surface area contributed by atoms with Crippen LogP contribution in [0.4, 0.5) is 8.78 Å². The highest BCUT2D eigenvalue weighted by molar-refractivity contribution is 5.62. The van der Waals surface area contributed by atoms with E-state index in [1.807, 2.05) is 24.3 Å². The number of halogens is 2. The molecule has 0 aliphatic carbocycles. The Morgan fingerprint density at radius 3 is 2.61 bits per heavy atom. The fourth-order valence-corrected chi connectivity index (χ4v) is 3.46. The molecule has 0 aliphatic heterocycles. The summed E-state index contributed by atoms with van der Waals surface area (Å²) in [6.45, 7) is 2.87. The molecule has 5 heteroatoms. The van der Waals surface area contributed by atoms with Gasteiger partial charge in [0.1, 0.15) is 17.4 Å². The predicted octanol–water partition coefficient (Wildman–Crippen LogP) is 5.81. The molecule has 28 heavy (non-hydrogen) atoms. The van der Waals surface area contributed by atoms with Gasteiger partial charge in [-0.1, -0.05) is 38.0 Å². The van der Waals surface area contributed by atoms with Crippen molar-refractivity contribution in [3.05, 3.63) is 71.7 Å². The van der Waals surface area contributed by atoms with E-state index in [9.17, 15) is 8.78 Å². The molecule has 0 N–H and O–H groups in total. The lowest BCUT2D eigenvalue weighted by Gasteiger charge is -2.12. The Morgan fingerprint density at radius 2 is 1.86 bits per heavy atom. The second-order valence-electron chi connectivity index (χ2n) is 6.88. The molecule has 3 nitrogen and oxygen atoms in total. The molecule has 0 atom stereocenters. The molecule has 0 radical (unpaired) electrons. The number of imidazole rings is 1. The minimum absolute atomic E-state index is 0.351. The molecule has 0 spiro atoms. The number of ether oxygens (including phenoxy) is 1. The third-order valence-corrected chi connectivity index (χ3v) is 4.96. The van der Waals surface area contributed by atoms with Crippen molar-refractivity contribution in [3.63, 3.8) is 0 Å². The second-order valence-corrected chi connectivity index (χ2v) is 6.88. The van der Waals surface area contributed by atoms with E-state index in [2.05, 4.69) is 16.5 Å². The van der Waals surface area contributed by atoms with Gasteiger partial charge < -0.3 is 9.30 Å². The van der Waals surface area contributed by atoms with Crippen LogP contribution in [0.3, 0.4) is 0 Å². The second kappa shape index (κ2) is 9.49. The summed E-state index contributed by atoms with van der Waals surface area (Å²) in [4.78, 5) is 4.48. The van der Waals surface area contributed by atoms with Gasteiger partial charge in [-0.25, -0.2) is 13.8 Å². The number of para-hydroxylation sites is 1. The number of benzene rings is 2. The van der Waals surface area contributed by atoms with Crippen molar-refractivity contribution in [2.45, 2.75) is 45.6 Å². The molecule has 148 valence electrons. The van der Waals surface area contributed by atoms with Crippen LogP contribution in [0.2, 0.25) is 0 Å². The van der Waals surface area contributed by atoms with Crippen LogP contribution in [0.5, 0.6) is 5.75 Å². The van der Waals surface area contributed by atoms with Crippen molar-refractivity contribution < 1.29 is 13.5 Å². The summed E-state index contributed by atoms with van der Waals surface area (Å²) in [5.41, 5.74) is 3.07. The SMILES string of the molecule is CCCCCc1c(-c2ccc(F)cc2F)ncn1CCc1ccccc1OC. The highest BCUT2D eigenvalue weighted by atomic mass is 19.1. The van der Waals surface area contributed by atoms with Crippen molar-refractivity contribution in [2.75, 3.05) is 7.11 Å². The third-order valence-electron chi connectivity index (χ3n) is 4.96. The summed E-state index contributed by atoms with van der Waals surface area (Å²) in [5, 5.41) is 0. The molecular weight excluding hydrogens is 358 g/mol. The van der Waals surface area contributed by atoms with Crippen molar-refractivity contribution >= 4 is 0 Å². The molecule has 2 aromatic carbocycles. The van der Waals surface area contributed by atoms with E-state index in [1.54, 1.807) is 13.4 Å². The van der Waals surface area contributed by atoms with Gasteiger partial charge in [0.05, 0.1) is 19.1 Å². The molecule has 0 saturated heterocycles. The Morgan fingerprint density at radius 1 is 1.04 bits per heavy atom. The molecule has 1 heterocycles. The molecule has 3 rings (SSSR count). The normalized spacial score (nSPS) is 11.0. The average molecular weight is 384 g/mol. The Kier molecular flexibility index (Phi) is 6.80. The van der Waals surface area contributed by atoms with Crippen molar-refractivity contribution in [1.29, 1.82) is 0 Å². The number of hydrogen-bond acceptors (Lipinski definition) is 2. The highest BCUT2D eigenvalue weighted by Gasteiger charge is 2.17. The Bertz CT molecular complexity index is 921. The maximum absolute atomic E-state index is 14.4. The molecule has 0 unspecified atom stereocenters. The molecule has 3 aromatic rings. The van der Waals surface area contributed by atoms with Crippen molar-refractivity contribution in [3.8, 4) is 17.0 Å². The predicted molar refractivity (Wildman–Crippen MR) is 108 cm³/mol. The van der Waals surface area contributed by atoms with E-state index in [0.29, 0.717) is 11.3 Å². The highest BCUT2D eigenvalue weighted by Crippen LogP contribution is 2.28. The summed E-state index contributed by atoms with van der Waals surface area (Å²) in [5.74, 6) is -0.295. The summed E-state index contributed by atoms with van der Waals surface area (Å²) < 4.78 is 35.2. The van der Waals surface area contributed by atoms with E-state index in [0.717, 1.165) is 61.7 Å². The monoisotopic (exact) mass is 384 g/mol. The lowest BCUT2D eigenvalue weighted by Crippen LogP contribution is -2.06. The van der Waals surface area contributed by atoms with Gasteiger partial charge in [-0.15, -0.1) is 0 Å². The first-order chi connectivity index (χ1) is 13.6. The first-order valence-electron chi connectivity index (χ1n) is 9.75. The van der Waals surface area contributed by atoms with Crippen LogP contribution in [0.25, 0.3) is 11.3 Å². The first kappa shape index (κ1) is 20.1. The van der Waals surface area contributed by atoms with Gasteiger partial charge >= 0.3 is 0 Å². The van der Waals surface area contributed by atoms with Crippen LogP contribution in [-0.2, 0) is 19.4 Å². The minimum Gasteiger partial charge on any atom is -0.496 e. The van der Waals surface area contributed by atoms with E-state index in [4.69, 9.17) is 4.74 Å². The Hall–Kier alpha value is -2.69. The topological polar surface area (TPSA) is 27.1 Å². The standard InChI is InChI=1S/C23H26F2N2O/c1-3-4-5-9-21-23(19-12-11-18(24)15-20(19)25)26-16-27(21)14-13-17-8-6-7-10-22(17)28-2/h6-8,10-12,15-16H,3-5,9,13-14H2,1-2H3. The van der Waals surface area contributed by atoms with E-state index in [1.165, 1.54) is 12.1 Å². The lowest BCUT2D eigenvalue weighted by atomic mass is 10.0. The third kappa shape index (κ3) is 4.58. The largest absolute Gasteiger partial charge is 0.496 e. The molecule has 0 bridgehead atoms. The van der Waals surface area contributed by atoms with Crippen LogP contribution in [0.1, 0.15) is 37.4 Å². The van der Waals surface area contributed by atoms with Crippen LogP contribution < -0.4 is 4.74 Å². The van der Waals surface area contributed by atoms with E-state index < -0.39 is 11.6 Å². The van der Waals surface area contributed by atoms with Gasteiger partial charge in [-0.05, 0) is 43.0 Å². The molecule has 1 aromatic heterocycles. The Balaban J connectivity index is 1.89. The number of rotatable bonds is 9. The molecule has 0 saturated carbocycles. The number of aryl methyl sites for hydroxylation is 2. The minimum atomic E-state index is -0.579. The fourth-order valence-electron chi connectivity index (χ4n) is 3.46. The quantitative estimate of drug-likeness (QED) is 0.435. The van der Waals surface area contributed by atoms with Crippen LogP contribution in [-0.4, -0.2) is 16.7 Å². The number of nitrogens with zero attached hydrogens (tertiary/aromatic N) is 2. The van der Waals surface area contributed by atoms with Crippen molar-refractivity contribution in [2.24, 2.45) is 0 Å². The first-order valence-corrected chi connectivity index (χ1v) is 9.75. The zero-order valence-electron chi connectivity index (χ0n) is 16.4. The smallest absolute Gasteiger partial charge is 0.135 e. The Labute approximate surface area is 165 Å². The number of hydrogen-bond donors (Lipinski definition) is 0.